The van der Waals surface area contributed by atoms with E-state index < -0.39 is 0 Å². The van der Waals surface area contributed by atoms with Gasteiger partial charge in [-0.1, -0.05) is 57.2 Å². The Hall–Kier alpha value is -2.79. The highest BCUT2D eigenvalue weighted by molar-refractivity contribution is 5.93. The van der Waals surface area contributed by atoms with E-state index in [1.165, 1.54) is 5.56 Å². The lowest BCUT2D eigenvalue weighted by atomic mass is 9.86. The molecule has 3 rings (SSSR count). The third-order valence-electron chi connectivity index (χ3n) is 4.28. The van der Waals surface area contributed by atoms with Crippen molar-refractivity contribution in [1.82, 2.24) is 0 Å². The van der Waals surface area contributed by atoms with Crippen LogP contribution in [0, 0.1) is 18.3 Å². The Labute approximate surface area is 143 Å². The molecule has 2 heteroatoms. The molecule has 0 N–H and O–H groups in total. The largest absolute Gasteiger partial charge is 0.456 e. The molecule has 0 aliphatic rings. The fraction of sp³-hybridized carbons (Fsp3) is 0.227. The summed E-state index contributed by atoms with van der Waals surface area (Å²) in [6.45, 7) is 8.63. The van der Waals surface area contributed by atoms with Crippen LogP contribution in [-0.2, 0) is 5.41 Å². The maximum Gasteiger partial charge on any atom is 0.135 e. The van der Waals surface area contributed by atoms with E-state index >= 15 is 0 Å². The number of nitrogens with zero attached hydrogens (tertiary/aromatic N) is 1. The van der Waals surface area contributed by atoms with Gasteiger partial charge in [0.15, 0.2) is 0 Å². The molecule has 0 aliphatic heterocycles. The van der Waals surface area contributed by atoms with Crippen molar-refractivity contribution < 1.29 is 4.74 Å². The maximum absolute atomic E-state index is 9.30. The quantitative estimate of drug-likeness (QED) is 0.571. The predicted octanol–water partition coefficient (Wildman–Crippen LogP) is 6.11. The van der Waals surface area contributed by atoms with Crippen molar-refractivity contribution >= 4 is 10.8 Å². The molecular weight excluding hydrogens is 294 g/mol. The minimum Gasteiger partial charge on any atom is -0.456 e. The highest BCUT2D eigenvalue weighted by atomic mass is 16.5. The molecule has 0 fully saturated rings. The first-order chi connectivity index (χ1) is 11.4. The van der Waals surface area contributed by atoms with Crippen molar-refractivity contribution in [1.29, 1.82) is 5.26 Å². The van der Waals surface area contributed by atoms with Gasteiger partial charge >= 0.3 is 0 Å². The summed E-state index contributed by atoms with van der Waals surface area (Å²) in [5.74, 6) is 1.64. The summed E-state index contributed by atoms with van der Waals surface area (Å²) < 4.78 is 6.25. The second kappa shape index (κ2) is 6.02. The molecule has 0 aromatic heterocycles. The van der Waals surface area contributed by atoms with E-state index in [9.17, 15) is 5.26 Å². The van der Waals surface area contributed by atoms with E-state index in [1.54, 1.807) is 0 Å². The van der Waals surface area contributed by atoms with E-state index in [1.807, 2.05) is 43.3 Å². The molecule has 2 nitrogen and oxygen atoms in total. The van der Waals surface area contributed by atoms with E-state index in [0.717, 1.165) is 27.8 Å². The molecule has 0 amide bonds. The Balaban J connectivity index is 2.10. The van der Waals surface area contributed by atoms with Gasteiger partial charge in [-0.25, -0.2) is 0 Å². The van der Waals surface area contributed by atoms with Crippen molar-refractivity contribution in [2.24, 2.45) is 0 Å². The van der Waals surface area contributed by atoms with E-state index in [0.29, 0.717) is 5.56 Å². The van der Waals surface area contributed by atoms with Crippen molar-refractivity contribution in [3.05, 3.63) is 71.3 Å². The van der Waals surface area contributed by atoms with Crippen LogP contribution in [0.15, 0.2) is 54.6 Å². The van der Waals surface area contributed by atoms with Gasteiger partial charge in [-0.2, -0.15) is 5.26 Å². The monoisotopic (exact) mass is 315 g/mol. The molecule has 3 aromatic rings. The number of aryl methyl sites for hydroxylation is 1. The van der Waals surface area contributed by atoms with Gasteiger partial charge in [-0.05, 0) is 41.7 Å². The molecule has 120 valence electrons. The van der Waals surface area contributed by atoms with Crippen LogP contribution in [0.2, 0.25) is 0 Å². The van der Waals surface area contributed by atoms with Crippen molar-refractivity contribution in [2.75, 3.05) is 0 Å². The molecule has 0 radical (unpaired) electrons. The van der Waals surface area contributed by atoms with E-state index in [-0.39, 0.29) is 5.41 Å². The highest BCUT2D eigenvalue weighted by Crippen LogP contribution is 2.35. The minimum absolute atomic E-state index is 0.0680. The summed E-state index contributed by atoms with van der Waals surface area (Å²) in [7, 11) is 0. The van der Waals surface area contributed by atoms with Crippen molar-refractivity contribution in [3.8, 4) is 17.6 Å². The summed E-state index contributed by atoms with van der Waals surface area (Å²) in [5.41, 5.74) is 3.06. The number of ether oxygens (including phenoxy) is 1. The number of nitriles is 1. The first-order valence-electron chi connectivity index (χ1n) is 8.11. The summed E-state index contributed by atoms with van der Waals surface area (Å²) in [6.07, 6.45) is 0. The van der Waals surface area contributed by atoms with Crippen LogP contribution in [0.5, 0.6) is 11.5 Å². The van der Waals surface area contributed by atoms with Gasteiger partial charge in [0, 0.05) is 10.8 Å². The van der Waals surface area contributed by atoms with Gasteiger partial charge < -0.3 is 4.74 Å². The van der Waals surface area contributed by atoms with Crippen molar-refractivity contribution in [2.45, 2.75) is 33.1 Å². The molecule has 0 heterocycles. The average Bonchev–Trinajstić information content (AvgIpc) is 2.56. The zero-order chi connectivity index (χ0) is 17.3. The standard InChI is InChI=1S/C22H21NO/c1-15-9-11-17(22(2,3)4)13-21(15)24-20-12-10-16(14-23)18-7-5-6-8-19(18)20/h5-13H,1-4H3. The average molecular weight is 315 g/mol. The van der Waals surface area contributed by atoms with Gasteiger partial charge in [-0.15, -0.1) is 0 Å². The van der Waals surface area contributed by atoms with Gasteiger partial charge in [0.05, 0.1) is 11.6 Å². The third kappa shape index (κ3) is 2.98. The second-order valence-corrected chi connectivity index (χ2v) is 7.10. The fourth-order valence-electron chi connectivity index (χ4n) is 2.75. The Kier molecular flexibility index (Phi) is 4.03. The Morgan fingerprint density at radius 1 is 0.875 bits per heavy atom. The molecule has 0 saturated carbocycles. The lowest BCUT2D eigenvalue weighted by Crippen LogP contribution is -2.11. The summed E-state index contributed by atoms with van der Waals surface area (Å²) in [4.78, 5) is 0. The third-order valence-corrected chi connectivity index (χ3v) is 4.28. The number of hydrogen-bond acceptors (Lipinski definition) is 2. The minimum atomic E-state index is 0.0680. The lowest BCUT2D eigenvalue weighted by molar-refractivity contribution is 0.480. The number of rotatable bonds is 2. The van der Waals surface area contributed by atoms with Gasteiger partial charge in [-0.3, -0.25) is 0 Å². The van der Waals surface area contributed by atoms with Crippen LogP contribution in [0.1, 0.15) is 37.5 Å². The van der Waals surface area contributed by atoms with E-state index in [2.05, 4.69) is 45.0 Å². The van der Waals surface area contributed by atoms with Crippen LogP contribution in [-0.4, -0.2) is 0 Å². The Morgan fingerprint density at radius 2 is 1.58 bits per heavy atom. The summed E-state index contributed by atoms with van der Waals surface area (Å²) in [6, 6.07) is 20.2. The molecule has 0 saturated heterocycles. The van der Waals surface area contributed by atoms with Gasteiger partial charge in [0.25, 0.3) is 0 Å². The molecule has 0 bridgehead atoms. The zero-order valence-corrected chi connectivity index (χ0v) is 14.6. The zero-order valence-electron chi connectivity index (χ0n) is 14.6. The number of benzene rings is 3. The van der Waals surface area contributed by atoms with Gasteiger partial charge in [0.1, 0.15) is 11.5 Å². The van der Waals surface area contributed by atoms with Crippen LogP contribution in [0.3, 0.4) is 0 Å². The normalized spacial score (nSPS) is 11.3. The fourth-order valence-corrected chi connectivity index (χ4v) is 2.75. The van der Waals surface area contributed by atoms with Crippen LogP contribution >= 0.6 is 0 Å². The molecule has 24 heavy (non-hydrogen) atoms. The van der Waals surface area contributed by atoms with E-state index in [4.69, 9.17) is 4.74 Å². The maximum atomic E-state index is 9.30. The second-order valence-electron chi connectivity index (χ2n) is 7.10. The van der Waals surface area contributed by atoms with Crippen LogP contribution < -0.4 is 4.74 Å². The summed E-state index contributed by atoms with van der Waals surface area (Å²) in [5, 5.41) is 11.2. The molecule has 3 aromatic carbocycles. The van der Waals surface area contributed by atoms with Crippen LogP contribution in [0.25, 0.3) is 10.8 Å². The SMILES string of the molecule is Cc1ccc(C(C)(C)C)cc1Oc1ccc(C#N)c2ccccc12. The number of hydrogen-bond donors (Lipinski definition) is 0. The van der Waals surface area contributed by atoms with Crippen LogP contribution in [0.4, 0.5) is 0 Å². The molecule has 0 aliphatic carbocycles. The summed E-state index contributed by atoms with van der Waals surface area (Å²) >= 11 is 0. The smallest absolute Gasteiger partial charge is 0.135 e. The number of fused-ring (bicyclic) bond motifs is 1. The molecular formula is C22H21NO. The highest BCUT2D eigenvalue weighted by Gasteiger charge is 2.16. The van der Waals surface area contributed by atoms with Crippen molar-refractivity contribution in [3.63, 3.8) is 0 Å². The Bertz CT molecular complexity index is 942. The Morgan fingerprint density at radius 3 is 2.25 bits per heavy atom. The van der Waals surface area contributed by atoms with Gasteiger partial charge in [0.2, 0.25) is 0 Å². The molecule has 0 spiro atoms. The lowest BCUT2D eigenvalue weighted by Gasteiger charge is -2.21. The predicted molar refractivity (Wildman–Crippen MR) is 98.6 cm³/mol. The topological polar surface area (TPSA) is 33.0 Å². The first kappa shape index (κ1) is 16.1. The molecule has 0 atom stereocenters. The molecule has 0 unspecified atom stereocenters. The first-order valence-corrected chi connectivity index (χ1v) is 8.11.